The van der Waals surface area contributed by atoms with Crippen molar-refractivity contribution in [3.8, 4) is 5.75 Å². The van der Waals surface area contributed by atoms with Gasteiger partial charge in [-0.15, -0.1) is 0 Å². The van der Waals surface area contributed by atoms with Crippen LogP contribution in [0.25, 0.3) is 0 Å². The van der Waals surface area contributed by atoms with Crippen LogP contribution in [0.1, 0.15) is 22.8 Å². The minimum Gasteiger partial charge on any atom is -0.497 e. The number of piperazine rings is 1. The number of rotatable bonds is 8. The van der Waals surface area contributed by atoms with Crippen LogP contribution in [0.15, 0.2) is 54.6 Å². The largest absolute Gasteiger partial charge is 0.497 e. The fourth-order valence-corrected chi connectivity index (χ4v) is 3.66. The van der Waals surface area contributed by atoms with E-state index in [-0.39, 0.29) is 30.9 Å². The average molecular weight is 440 g/mol. The highest BCUT2D eigenvalue weighted by atomic mass is 16.5. The molecule has 3 rings (SSSR count). The topological polar surface area (TPSA) is 88.2 Å². The van der Waals surface area contributed by atoms with Gasteiger partial charge in [0.1, 0.15) is 11.8 Å². The molecule has 2 amide bonds. The van der Waals surface area contributed by atoms with Gasteiger partial charge in [0, 0.05) is 31.7 Å². The van der Waals surface area contributed by atoms with Crippen LogP contribution < -0.4 is 10.1 Å². The molecule has 0 aliphatic carbocycles. The lowest BCUT2D eigenvalue weighted by atomic mass is 10.1. The van der Waals surface area contributed by atoms with Gasteiger partial charge in [0.05, 0.1) is 20.3 Å². The summed E-state index contributed by atoms with van der Waals surface area (Å²) < 4.78 is 10.3. The Hall–Kier alpha value is -3.39. The van der Waals surface area contributed by atoms with E-state index >= 15 is 0 Å². The highest BCUT2D eigenvalue weighted by Gasteiger charge is 2.36. The molecule has 1 N–H and O–H groups in total. The van der Waals surface area contributed by atoms with Gasteiger partial charge < -0.3 is 19.7 Å². The van der Waals surface area contributed by atoms with E-state index in [4.69, 9.17) is 9.47 Å². The summed E-state index contributed by atoms with van der Waals surface area (Å²) in [7, 11) is 1.54. The van der Waals surface area contributed by atoms with Crippen LogP contribution >= 0.6 is 0 Å². The lowest BCUT2D eigenvalue weighted by molar-refractivity contribution is -0.145. The van der Waals surface area contributed by atoms with Crippen molar-refractivity contribution in [1.29, 1.82) is 0 Å². The fraction of sp³-hybridized carbons (Fsp3) is 0.375. The SMILES string of the molecule is CCOC(=O)CN1CCN(C(=O)c2cccc(OC)c2)C(C(=O)NCc2ccccc2)C1. The Bertz CT molecular complexity index is 934. The van der Waals surface area contributed by atoms with Crippen molar-refractivity contribution in [3.05, 3.63) is 65.7 Å². The van der Waals surface area contributed by atoms with E-state index in [0.29, 0.717) is 37.6 Å². The van der Waals surface area contributed by atoms with Gasteiger partial charge in [-0.3, -0.25) is 19.3 Å². The van der Waals surface area contributed by atoms with Gasteiger partial charge >= 0.3 is 5.97 Å². The first-order chi connectivity index (χ1) is 15.5. The summed E-state index contributed by atoms with van der Waals surface area (Å²) in [5.41, 5.74) is 1.41. The summed E-state index contributed by atoms with van der Waals surface area (Å²) in [6.45, 7) is 3.52. The quantitative estimate of drug-likeness (QED) is 0.630. The van der Waals surface area contributed by atoms with Gasteiger partial charge in [0.25, 0.3) is 5.91 Å². The maximum Gasteiger partial charge on any atom is 0.320 e. The van der Waals surface area contributed by atoms with Crippen molar-refractivity contribution in [3.63, 3.8) is 0 Å². The molecule has 32 heavy (non-hydrogen) atoms. The standard InChI is InChI=1S/C24H29N3O5/c1-3-32-22(28)17-26-12-13-27(24(30)19-10-7-11-20(14-19)31-2)21(16-26)23(29)25-15-18-8-5-4-6-9-18/h4-11,14,21H,3,12-13,15-17H2,1-2H3,(H,25,29). The molecule has 8 nitrogen and oxygen atoms in total. The first-order valence-corrected chi connectivity index (χ1v) is 10.7. The second kappa shape index (κ2) is 11.3. The highest BCUT2D eigenvalue weighted by molar-refractivity contribution is 5.98. The second-order valence-electron chi connectivity index (χ2n) is 7.49. The van der Waals surface area contributed by atoms with Crippen LogP contribution in [0.4, 0.5) is 0 Å². The third-order valence-corrected chi connectivity index (χ3v) is 5.31. The predicted octanol–water partition coefficient (Wildman–Crippen LogP) is 1.70. The molecule has 2 aromatic rings. The second-order valence-corrected chi connectivity index (χ2v) is 7.49. The van der Waals surface area contributed by atoms with Crippen LogP contribution in [-0.4, -0.2) is 73.5 Å². The zero-order chi connectivity index (χ0) is 22.9. The number of ether oxygens (including phenoxy) is 2. The van der Waals surface area contributed by atoms with Gasteiger partial charge in [0.15, 0.2) is 0 Å². The first-order valence-electron chi connectivity index (χ1n) is 10.7. The monoisotopic (exact) mass is 439 g/mol. The Labute approximate surface area is 188 Å². The summed E-state index contributed by atoms with van der Waals surface area (Å²) in [5, 5.41) is 2.93. The Morgan fingerprint density at radius 2 is 1.84 bits per heavy atom. The van der Waals surface area contributed by atoms with Crippen molar-refractivity contribution >= 4 is 17.8 Å². The Kier molecular flexibility index (Phi) is 8.21. The number of amides is 2. The van der Waals surface area contributed by atoms with Gasteiger partial charge in [-0.1, -0.05) is 36.4 Å². The number of carbonyl (C=O) groups excluding carboxylic acids is 3. The fourth-order valence-electron chi connectivity index (χ4n) is 3.66. The smallest absolute Gasteiger partial charge is 0.320 e. The predicted molar refractivity (Wildman–Crippen MR) is 119 cm³/mol. The molecular formula is C24H29N3O5. The van der Waals surface area contributed by atoms with Crippen LogP contribution in [0, 0.1) is 0 Å². The minimum absolute atomic E-state index is 0.0808. The summed E-state index contributed by atoms with van der Waals surface area (Å²) in [4.78, 5) is 41.8. The van der Waals surface area contributed by atoms with Crippen molar-refractivity contribution in [2.45, 2.75) is 19.5 Å². The average Bonchev–Trinajstić information content (AvgIpc) is 2.83. The number of methoxy groups -OCH3 is 1. The molecule has 0 bridgehead atoms. The Morgan fingerprint density at radius 1 is 1.06 bits per heavy atom. The summed E-state index contributed by atoms with van der Waals surface area (Å²) >= 11 is 0. The van der Waals surface area contributed by atoms with E-state index in [0.717, 1.165) is 5.56 Å². The minimum atomic E-state index is -0.736. The van der Waals surface area contributed by atoms with Gasteiger partial charge in [-0.25, -0.2) is 0 Å². The van der Waals surface area contributed by atoms with E-state index in [1.54, 1.807) is 36.1 Å². The molecule has 1 fully saturated rings. The van der Waals surface area contributed by atoms with E-state index < -0.39 is 6.04 Å². The molecule has 0 radical (unpaired) electrons. The molecule has 1 heterocycles. The molecule has 0 aromatic heterocycles. The molecule has 2 aromatic carbocycles. The molecular weight excluding hydrogens is 410 g/mol. The Balaban J connectivity index is 1.76. The maximum atomic E-state index is 13.3. The lowest BCUT2D eigenvalue weighted by Gasteiger charge is -2.40. The zero-order valence-corrected chi connectivity index (χ0v) is 18.5. The third kappa shape index (κ3) is 6.07. The van der Waals surface area contributed by atoms with E-state index in [1.807, 2.05) is 35.2 Å². The van der Waals surface area contributed by atoms with Crippen molar-refractivity contribution in [2.75, 3.05) is 39.9 Å². The van der Waals surface area contributed by atoms with Crippen molar-refractivity contribution < 1.29 is 23.9 Å². The first kappa shape index (κ1) is 23.3. The van der Waals surface area contributed by atoms with E-state index in [1.165, 1.54) is 7.11 Å². The Morgan fingerprint density at radius 3 is 2.56 bits per heavy atom. The molecule has 1 unspecified atom stereocenters. The molecule has 1 saturated heterocycles. The van der Waals surface area contributed by atoms with Gasteiger partial charge in [-0.05, 0) is 30.7 Å². The maximum absolute atomic E-state index is 13.3. The molecule has 0 spiro atoms. The lowest BCUT2D eigenvalue weighted by Crippen LogP contribution is -2.61. The number of benzene rings is 2. The van der Waals surface area contributed by atoms with Gasteiger partial charge in [0.2, 0.25) is 5.91 Å². The molecule has 0 saturated carbocycles. The highest BCUT2D eigenvalue weighted by Crippen LogP contribution is 2.19. The summed E-state index contributed by atoms with van der Waals surface area (Å²) in [5.74, 6) is -0.288. The summed E-state index contributed by atoms with van der Waals surface area (Å²) in [6.07, 6.45) is 0. The van der Waals surface area contributed by atoms with Crippen molar-refractivity contribution in [2.24, 2.45) is 0 Å². The number of esters is 1. The van der Waals surface area contributed by atoms with Crippen LogP contribution in [0.2, 0.25) is 0 Å². The van der Waals surface area contributed by atoms with Crippen LogP contribution in [0.3, 0.4) is 0 Å². The number of nitrogens with one attached hydrogen (secondary N) is 1. The number of hydrogen-bond donors (Lipinski definition) is 1. The third-order valence-electron chi connectivity index (χ3n) is 5.31. The van der Waals surface area contributed by atoms with E-state index in [2.05, 4.69) is 5.32 Å². The molecule has 1 aliphatic rings. The normalized spacial score (nSPS) is 16.3. The zero-order valence-electron chi connectivity index (χ0n) is 18.5. The van der Waals surface area contributed by atoms with Crippen LogP contribution in [0.5, 0.6) is 5.75 Å². The van der Waals surface area contributed by atoms with Crippen LogP contribution in [-0.2, 0) is 20.9 Å². The molecule has 170 valence electrons. The van der Waals surface area contributed by atoms with E-state index in [9.17, 15) is 14.4 Å². The number of hydrogen-bond acceptors (Lipinski definition) is 6. The van der Waals surface area contributed by atoms with Crippen molar-refractivity contribution in [1.82, 2.24) is 15.1 Å². The number of nitrogens with zero attached hydrogens (tertiary/aromatic N) is 2. The van der Waals surface area contributed by atoms with Gasteiger partial charge in [-0.2, -0.15) is 0 Å². The number of carbonyl (C=O) groups is 3. The molecule has 1 atom stereocenters. The molecule has 8 heteroatoms. The molecule has 1 aliphatic heterocycles. The summed E-state index contributed by atoms with van der Waals surface area (Å²) in [6, 6.07) is 15.7.